The summed E-state index contributed by atoms with van der Waals surface area (Å²) in [4.78, 5) is 11.4. The number of aldehydes is 1. The lowest BCUT2D eigenvalue weighted by Crippen LogP contribution is -1.98. The van der Waals surface area contributed by atoms with Crippen molar-refractivity contribution in [3.8, 4) is 16.9 Å². The minimum absolute atomic E-state index is 0.667. The first-order chi connectivity index (χ1) is 9.49. The van der Waals surface area contributed by atoms with Gasteiger partial charge in [-0.15, -0.1) is 0 Å². The monoisotopic (exact) mass is 268 g/mol. The molecule has 0 saturated heterocycles. The molecule has 20 heavy (non-hydrogen) atoms. The fraction of sp³-hybridized carbons (Fsp3) is 0.278. The van der Waals surface area contributed by atoms with Crippen LogP contribution >= 0.6 is 0 Å². The molecule has 0 saturated carbocycles. The molecule has 0 bridgehead atoms. The molecule has 0 radical (unpaired) electrons. The quantitative estimate of drug-likeness (QED) is 0.771. The molecule has 2 heteroatoms. The molecule has 104 valence electrons. The Bertz CT molecular complexity index is 643. The summed E-state index contributed by atoms with van der Waals surface area (Å²) in [5.41, 5.74) is 7.74. The molecule has 2 nitrogen and oxygen atoms in total. The first kappa shape index (κ1) is 14.3. The Labute approximate surface area is 120 Å². The minimum atomic E-state index is 0.667. The van der Waals surface area contributed by atoms with Crippen molar-refractivity contribution in [2.24, 2.45) is 0 Å². The van der Waals surface area contributed by atoms with Gasteiger partial charge in [-0.1, -0.05) is 6.07 Å². The van der Waals surface area contributed by atoms with E-state index in [0.29, 0.717) is 11.3 Å². The van der Waals surface area contributed by atoms with Crippen molar-refractivity contribution in [3.05, 3.63) is 52.1 Å². The maximum Gasteiger partial charge on any atom is 0.150 e. The average Bonchev–Trinajstić information content (AvgIpc) is 2.45. The van der Waals surface area contributed by atoms with E-state index in [1.54, 1.807) is 13.2 Å². The third-order valence-corrected chi connectivity index (χ3v) is 4.02. The Morgan fingerprint density at radius 1 is 0.950 bits per heavy atom. The van der Waals surface area contributed by atoms with Crippen LogP contribution in [0.25, 0.3) is 11.1 Å². The SMILES string of the molecule is COc1ccc(-c2c(C)c(C)cc(C)c2C)c(C=O)c1. The van der Waals surface area contributed by atoms with Crippen LogP contribution in [-0.2, 0) is 0 Å². The van der Waals surface area contributed by atoms with Gasteiger partial charge in [0.15, 0.2) is 6.29 Å². The second-order valence-electron chi connectivity index (χ2n) is 5.21. The van der Waals surface area contributed by atoms with Crippen LogP contribution in [0.5, 0.6) is 5.75 Å². The summed E-state index contributed by atoms with van der Waals surface area (Å²) in [6.45, 7) is 8.43. The van der Waals surface area contributed by atoms with Crippen LogP contribution in [0.2, 0.25) is 0 Å². The number of hydrogen-bond acceptors (Lipinski definition) is 2. The average molecular weight is 268 g/mol. The molecule has 0 amide bonds. The Balaban J connectivity index is 2.78. The van der Waals surface area contributed by atoms with E-state index < -0.39 is 0 Å². The molecule has 0 atom stereocenters. The standard InChI is InChI=1S/C18H20O2/c1-11-8-12(2)14(4)18(13(11)3)17-7-6-16(20-5)9-15(17)10-19/h6-10H,1-5H3. The number of carbonyl (C=O) groups is 1. The van der Waals surface area contributed by atoms with E-state index in [1.807, 2.05) is 12.1 Å². The summed E-state index contributed by atoms with van der Waals surface area (Å²) < 4.78 is 5.20. The van der Waals surface area contributed by atoms with Crippen molar-refractivity contribution in [3.63, 3.8) is 0 Å². The van der Waals surface area contributed by atoms with E-state index in [1.165, 1.54) is 22.3 Å². The van der Waals surface area contributed by atoms with Gasteiger partial charge in [-0.05, 0) is 79.3 Å². The smallest absolute Gasteiger partial charge is 0.150 e. The molecule has 2 rings (SSSR count). The maximum atomic E-state index is 11.4. The van der Waals surface area contributed by atoms with Crippen LogP contribution in [0.1, 0.15) is 32.6 Å². The molecule has 0 heterocycles. The van der Waals surface area contributed by atoms with Gasteiger partial charge in [-0.2, -0.15) is 0 Å². The summed E-state index contributed by atoms with van der Waals surface area (Å²) in [6.07, 6.45) is 0.897. The number of ether oxygens (including phenoxy) is 1. The van der Waals surface area contributed by atoms with Gasteiger partial charge in [0, 0.05) is 5.56 Å². The molecule has 0 aliphatic heterocycles. The lowest BCUT2D eigenvalue weighted by Gasteiger charge is -2.17. The van der Waals surface area contributed by atoms with Gasteiger partial charge >= 0.3 is 0 Å². The third-order valence-electron chi connectivity index (χ3n) is 4.02. The fourth-order valence-electron chi connectivity index (χ4n) is 2.61. The molecule has 0 unspecified atom stereocenters. The van der Waals surface area contributed by atoms with Crippen LogP contribution in [0.15, 0.2) is 24.3 Å². The molecule has 0 N–H and O–H groups in total. The molecule has 0 fully saturated rings. The highest BCUT2D eigenvalue weighted by molar-refractivity contribution is 5.90. The summed E-state index contributed by atoms with van der Waals surface area (Å²) in [5.74, 6) is 0.704. The second kappa shape index (κ2) is 5.49. The van der Waals surface area contributed by atoms with Crippen molar-refractivity contribution in [1.82, 2.24) is 0 Å². The van der Waals surface area contributed by atoms with Crippen LogP contribution < -0.4 is 4.74 Å². The predicted molar refractivity (Wildman–Crippen MR) is 82.8 cm³/mol. The van der Waals surface area contributed by atoms with Crippen molar-refractivity contribution in [1.29, 1.82) is 0 Å². The van der Waals surface area contributed by atoms with Gasteiger partial charge in [0.1, 0.15) is 5.75 Å². The Hall–Kier alpha value is -2.09. The van der Waals surface area contributed by atoms with Crippen LogP contribution in [-0.4, -0.2) is 13.4 Å². The number of hydrogen-bond donors (Lipinski definition) is 0. The van der Waals surface area contributed by atoms with Crippen molar-refractivity contribution in [2.75, 3.05) is 7.11 Å². The normalized spacial score (nSPS) is 10.4. The predicted octanol–water partition coefficient (Wildman–Crippen LogP) is 4.41. The summed E-state index contributed by atoms with van der Waals surface area (Å²) in [7, 11) is 1.61. The Morgan fingerprint density at radius 3 is 2.05 bits per heavy atom. The summed E-state index contributed by atoms with van der Waals surface area (Å²) >= 11 is 0. The molecule has 0 spiro atoms. The van der Waals surface area contributed by atoms with E-state index in [9.17, 15) is 4.79 Å². The highest BCUT2D eigenvalue weighted by Crippen LogP contribution is 2.34. The third kappa shape index (κ3) is 2.34. The maximum absolute atomic E-state index is 11.4. The molecule has 0 aliphatic carbocycles. The largest absolute Gasteiger partial charge is 0.497 e. The molecule has 2 aromatic rings. The topological polar surface area (TPSA) is 26.3 Å². The van der Waals surface area contributed by atoms with E-state index in [0.717, 1.165) is 17.4 Å². The van der Waals surface area contributed by atoms with Gasteiger partial charge in [0.2, 0.25) is 0 Å². The number of rotatable bonds is 3. The summed E-state index contributed by atoms with van der Waals surface area (Å²) in [5, 5.41) is 0. The number of methoxy groups -OCH3 is 1. The highest BCUT2D eigenvalue weighted by atomic mass is 16.5. The first-order valence-electron chi connectivity index (χ1n) is 6.70. The zero-order valence-corrected chi connectivity index (χ0v) is 12.7. The van der Waals surface area contributed by atoms with Gasteiger partial charge in [0.05, 0.1) is 7.11 Å². The molecule has 0 aromatic heterocycles. The van der Waals surface area contributed by atoms with Crippen molar-refractivity contribution >= 4 is 6.29 Å². The lowest BCUT2D eigenvalue weighted by molar-refractivity contribution is 0.112. The second-order valence-corrected chi connectivity index (χ2v) is 5.21. The van der Waals surface area contributed by atoms with E-state index in [2.05, 4.69) is 33.8 Å². The lowest BCUT2D eigenvalue weighted by atomic mass is 9.88. The highest BCUT2D eigenvalue weighted by Gasteiger charge is 2.14. The molecule has 2 aromatic carbocycles. The fourth-order valence-corrected chi connectivity index (χ4v) is 2.61. The van der Waals surface area contributed by atoms with Crippen LogP contribution in [0.3, 0.4) is 0 Å². The molecular weight excluding hydrogens is 248 g/mol. The zero-order chi connectivity index (χ0) is 14.9. The number of aryl methyl sites for hydroxylation is 2. The van der Waals surface area contributed by atoms with Gasteiger partial charge in [-0.25, -0.2) is 0 Å². The first-order valence-corrected chi connectivity index (χ1v) is 6.70. The van der Waals surface area contributed by atoms with E-state index in [4.69, 9.17) is 4.74 Å². The van der Waals surface area contributed by atoms with E-state index in [-0.39, 0.29) is 0 Å². The zero-order valence-electron chi connectivity index (χ0n) is 12.7. The van der Waals surface area contributed by atoms with Gasteiger partial charge in [-0.3, -0.25) is 4.79 Å². The minimum Gasteiger partial charge on any atom is -0.497 e. The molecule has 0 aliphatic rings. The van der Waals surface area contributed by atoms with Crippen LogP contribution in [0.4, 0.5) is 0 Å². The van der Waals surface area contributed by atoms with E-state index >= 15 is 0 Å². The van der Waals surface area contributed by atoms with Crippen molar-refractivity contribution in [2.45, 2.75) is 27.7 Å². The number of carbonyl (C=O) groups excluding carboxylic acids is 1. The van der Waals surface area contributed by atoms with Crippen molar-refractivity contribution < 1.29 is 9.53 Å². The number of benzene rings is 2. The van der Waals surface area contributed by atoms with Gasteiger partial charge in [0.25, 0.3) is 0 Å². The van der Waals surface area contributed by atoms with Crippen LogP contribution in [0, 0.1) is 27.7 Å². The Kier molecular flexibility index (Phi) is 3.93. The summed E-state index contributed by atoms with van der Waals surface area (Å²) in [6, 6.07) is 7.85. The Morgan fingerprint density at radius 2 is 1.55 bits per heavy atom. The van der Waals surface area contributed by atoms with Gasteiger partial charge < -0.3 is 4.74 Å². The molecular formula is C18H20O2.